The van der Waals surface area contributed by atoms with Crippen LogP contribution in [0, 0.1) is 0 Å². The Morgan fingerprint density at radius 2 is 1.75 bits per heavy atom. The van der Waals surface area contributed by atoms with Crippen LogP contribution in [0.5, 0.6) is 5.75 Å². The van der Waals surface area contributed by atoms with Crippen LogP contribution in [0.25, 0.3) is 11.1 Å². The summed E-state index contributed by atoms with van der Waals surface area (Å²) in [7, 11) is 0. The first-order chi connectivity index (χ1) is 9.56. The monoisotopic (exact) mass is 329 g/mol. The molecular weight excluding hydrogens is 317 g/mol. The maximum absolute atomic E-state index is 6.33. The fourth-order valence-corrected chi connectivity index (χ4v) is 2.62. The molecule has 0 radical (unpaired) electrons. The van der Waals surface area contributed by atoms with Crippen LogP contribution in [0.15, 0.2) is 30.3 Å². The number of hydrogen-bond acceptors (Lipinski definition) is 2. The molecule has 0 aliphatic carbocycles. The Bertz CT molecular complexity index is 629. The van der Waals surface area contributed by atoms with E-state index in [2.05, 4.69) is 0 Å². The summed E-state index contributed by atoms with van der Waals surface area (Å²) in [5.41, 5.74) is 8.39. The summed E-state index contributed by atoms with van der Waals surface area (Å²) in [6, 6.07) is 9.01. The average Bonchev–Trinajstić information content (AvgIpc) is 2.42. The molecule has 0 spiro atoms. The fourth-order valence-electron chi connectivity index (χ4n) is 1.98. The van der Waals surface area contributed by atoms with Crippen LogP contribution < -0.4 is 10.5 Å². The van der Waals surface area contributed by atoms with E-state index in [-0.39, 0.29) is 0 Å². The molecule has 20 heavy (non-hydrogen) atoms. The van der Waals surface area contributed by atoms with Gasteiger partial charge in [0.05, 0.1) is 16.7 Å². The van der Waals surface area contributed by atoms with E-state index in [4.69, 9.17) is 45.3 Å². The first-order valence-electron chi connectivity index (χ1n) is 6.17. The van der Waals surface area contributed by atoms with E-state index in [0.29, 0.717) is 34.0 Å². The second-order valence-electron chi connectivity index (χ2n) is 4.20. The summed E-state index contributed by atoms with van der Waals surface area (Å²) in [5.74, 6) is 0.569. The lowest BCUT2D eigenvalue weighted by Gasteiger charge is -2.13. The first kappa shape index (κ1) is 15.5. The van der Waals surface area contributed by atoms with Gasteiger partial charge in [-0.15, -0.1) is 0 Å². The van der Waals surface area contributed by atoms with E-state index in [9.17, 15) is 0 Å². The van der Waals surface area contributed by atoms with Gasteiger partial charge in [-0.05, 0) is 36.2 Å². The Kier molecular flexibility index (Phi) is 5.17. The Morgan fingerprint density at radius 1 is 1.00 bits per heavy atom. The van der Waals surface area contributed by atoms with Gasteiger partial charge in [-0.1, -0.05) is 40.9 Å². The van der Waals surface area contributed by atoms with Crippen molar-refractivity contribution in [3.05, 3.63) is 51.0 Å². The second kappa shape index (κ2) is 6.68. The van der Waals surface area contributed by atoms with Gasteiger partial charge < -0.3 is 10.5 Å². The molecule has 0 amide bonds. The van der Waals surface area contributed by atoms with Gasteiger partial charge in [0.15, 0.2) is 0 Å². The van der Waals surface area contributed by atoms with E-state index < -0.39 is 0 Å². The van der Waals surface area contributed by atoms with Gasteiger partial charge in [0.2, 0.25) is 0 Å². The summed E-state index contributed by atoms with van der Waals surface area (Å²) in [6.45, 7) is 2.82. The zero-order chi connectivity index (χ0) is 14.7. The predicted octanol–water partition coefficient (Wildman–Crippen LogP) is 5.17. The minimum atomic E-state index is 0.396. The Morgan fingerprint density at radius 3 is 2.40 bits per heavy atom. The minimum Gasteiger partial charge on any atom is -0.492 e. The molecule has 2 aromatic carbocycles. The molecule has 0 atom stereocenters. The molecule has 0 fully saturated rings. The highest BCUT2D eigenvalue weighted by Gasteiger charge is 2.13. The molecule has 0 bridgehead atoms. The molecule has 0 aromatic heterocycles. The van der Waals surface area contributed by atoms with Crippen LogP contribution in [-0.4, -0.2) is 6.61 Å². The lowest BCUT2D eigenvalue weighted by atomic mass is 9.99. The third-order valence-electron chi connectivity index (χ3n) is 2.90. The Labute approximate surface area is 133 Å². The molecule has 0 saturated heterocycles. The Hall–Kier alpha value is -0.930. The summed E-state index contributed by atoms with van der Waals surface area (Å²) < 4.78 is 5.42. The predicted molar refractivity (Wildman–Crippen MR) is 86.0 cm³/mol. The van der Waals surface area contributed by atoms with Crippen molar-refractivity contribution in [2.24, 2.45) is 5.73 Å². The third-order valence-corrected chi connectivity index (χ3v) is 3.75. The van der Waals surface area contributed by atoms with E-state index in [1.807, 2.05) is 19.1 Å². The number of benzene rings is 2. The van der Waals surface area contributed by atoms with Crippen LogP contribution in [-0.2, 0) is 6.54 Å². The van der Waals surface area contributed by atoms with Gasteiger partial charge in [0.25, 0.3) is 0 Å². The van der Waals surface area contributed by atoms with Crippen molar-refractivity contribution in [1.29, 1.82) is 0 Å². The SMILES string of the molecule is CCOc1cc(Cl)c(-c2cc(Cl)ccc2CN)cc1Cl. The smallest absolute Gasteiger partial charge is 0.139 e. The number of hydrogen-bond donors (Lipinski definition) is 1. The molecule has 2 rings (SSSR count). The average molecular weight is 331 g/mol. The number of halogens is 3. The summed E-state index contributed by atoms with van der Waals surface area (Å²) in [5, 5.41) is 1.68. The lowest BCUT2D eigenvalue weighted by molar-refractivity contribution is 0.340. The summed E-state index contributed by atoms with van der Waals surface area (Å²) in [4.78, 5) is 0. The van der Waals surface area contributed by atoms with Crippen LogP contribution in [0.2, 0.25) is 15.1 Å². The van der Waals surface area contributed by atoms with Crippen molar-refractivity contribution >= 4 is 34.8 Å². The molecule has 0 heterocycles. The van der Waals surface area contributed by atoms with Crippen LogP contribution in [0.1, 0.15) is 12.5 Å². The standard InChI is InChI=1S/C15H14Cl3NO/c1-2-20-15-7-13(17)12(6-14(15)18)11-5-10(16)4-3-9(11)8-19/h3-7H,2,8,19H2,1H3. The number of nitrogens with two attached hydrogens (primary N) is 1. The van der Waals surface area contributed by atoms with Crippen LogP contribution in [0.3, 0.4) is 0 Å². The van der Waals surface area contributed by atoms with E-state index >= 15 is 0 Å². The van der Waals surface area contributed by atoms with Gasteiger partial charge in [0.1, 0.15) is 5.75 Å². The van der Waals surface area contributed by atoms with E-state index in [0.717, 1.165) is 16.7 Å². The van der Waals surface area contributed by atoms with Crippen molar-refractivity contribution in [3.63, 3.8) is 0 Å². The fraction of sp³-hybridized carbons (Fsp3) is 0.200. The van der Waals surface area contributed by atoms with Crippen molar-refractivity contribution in [2.45, 2.75) is 13.5 Å². The highest BCUT2D eigenvalue weighted by atomic mass is 35.5. The summed E-state index contributed by atoms with van der Waals surface area (Å²) in [6.07, 6.45) is 0. The molecule has 106 valence electrons. The van der Waals surface area contributed by atoms with Gasteiger partial charge in [-0.25, -0.2) is 0 Å². The molecule has 0 aliphatic rings. The molecule has 2 N–H and O–H groups in total. The molecule has 0 unspecified atom stereocenters. The number of ether oxygens (including phenoxy) is 1. The van der Waals surface area contributed by atoms with Crippen LogP contribution in [0.4, 0.5) is 0 Å². The lowest BCUT2D eigenvalue weighted by Crippen LogP contribution is -1.99. The Balaban J connectivity index is 2.58. The normalized spacial score (nSPS) is 10.7. The van der Waals surface area contributed by atoms with Gasteiger partial charge >= 0.3 is 0 Å². The number of rotatable bonds is 4. The van der Waals surface area contributed by atoms with E-state index in [1.54, 1.807) is 18.2 Å². The van der Waals surface area contributed by atoms with Gasteiger partial charge in [0, 0.05) is 23.2 Å². The quantitative estimate of drug-likeness (QED) is 0.839. The van der Waals surface area contributed by atoms with Crippen molar-refractivity contribution in [2.75, 3.05) is 6.61 Å². The highest BCUT2D eigenvalue weighted by molar-refractivity contribution is 6.36. The summed E-state index contributed by atoms with van der Waals surface area (Å²) >= 11 is 18.6. The second-order valence-corrected chi connectivity index (χ2v) is 5.45. The van der Waals surface area contributed by atoms with Crippen LogP contribution >= 0.6 is 34.8 Å². The van der Waals surface area contributed by atoms with E-state index in [1.165, 1.54) is 0 Å². The maximum atomic E-state index is 6.33. The zero-order valence-electron chi connectivity index (χ0n) is 10.9. The third kappa shape index (κ3) is 3.21. The molecular formula is C15H14Cl3NO. The first-order valence-corrected chi connectivity index (χ1v) is 7.31. The maximum Gasteiger partial charge on any atom is 0.139 e. The van der Waals surface area contributed by atoms with Gasteiger partial charge in [-0.3, -0.25) is 0 Å². The van der Waals surface area contributed by atoms with Crippen molar-refractivity contribution < 1.29 is 4.74 Å². The van der Waals surface area contributed by atoms with Gasteiger partial charge in [-0.2, -0.15) is 0 Å². The molecule has 5 heteroatoms. The zero-order valence-corrected chi connectivity index (χ0v) is 13.2. The van der Waals surface area contributed by atoms with Crippen molar-refractivity contribution in [1.82, 2.24) is 0 Å². The highest BCUT2D eigenvalue weighted by Crippen LogP contribution is 2.38. The van der Waals surface area contributed by atoms with Crippen molar-refractivity contribution in [3.8, 4) is 16.9 Å². The molecule has 0 saturated carbocycles. The minimum absolute atomic E-state index is 0.396. The largest absolute Gasteiger partial charge is 0.492 e. The topological polar surface area (TPSA) is 35.2 Å². The molecule has 2 nitrogen and oxygen atoms in total. The molecule has 0 aliphatic heterocycles. The molecule has 2 aromatic rings.